The summed E-state index contributed by atoms with van der Waals surface area (Å²) in [6, 6.07) is 11.4. The molecule has 2 heterocycles. The van der Waals surface area contributed by atoms with Crippen LogP contribution in [0.2, 0.25) is 0 Å². The second-order valence-electron chi connectivity index (χ2n) is 4.21. The molecule has 0 aliphatic carbocycles. The highest BCUT2D eigenvalue weighted by molar-refractivity contribution is 9.10. The van der Waals surface area contributed by atoms with Gasteiger partial charge in [0.15, 0.2) is 16.6 Å². The van der Waals surface area contributed by atoms with Gasteiger partial charge in [-0.3, -0.25) is 9.20 Å². The van der Waals surface area contributed by atoms with E-state index in [-0.39, 0.29) is 5.78 Å². The zero-order valence-electron chi connectivity index (χ0n) is 10.6. The molecule has 0 amide bonds. The highest BCUT2D eigenvalue weighted by atomic mass is 79.9. The number of benzene rings is 1. The average Bonchev–Trinajstić information content (AvgIpc) is 2.82. The van der Waals surface area contributed by atoms with Gasteiger partial charge in [0.05, 0.1) is 0 Å². The van der Waals surface area contributed by atoms with Crippen molar-refractivity contribution in [1.29, 1.82) is 0 Å². The van der Waals surface area contributed by atoms with Crippen molar-refractivity contribution in [2.45, 2.75) is 17.0 Å². The van der Waals surface area contributed by atoms with Crippen LogP contribution >= 0.6 is 27.7 Å². The fourth-order valence-corrected chi connectivity index (χ4v) is 3.51. The summed E-state index contributed by atoms with van der Waals surface area (Å²) in [4.78, 5) is 12.4. The van der Waals surface area contributed by atoms with Crippen LogP contribution in [0, 0.1) is 0 Å². The Morgan fingerprint density at radius 1 is 1.25 bits per heavy atom. The van der Waals surface area contributed by atoms with E-state index in [9.17, 15) is 4.79 Å². The van der Waals surface area contributed by atoms with Crippen molar-refractivity contribution < 1.29 is 4.79 Å². The van der Waals surface area contributed by atoms with Crippen LogP contribution < -0.4 is 0 Å². The fourth-order valence-electron chi connectivity index (χ4n) is 1.84. The molecule has 1 aromatic carbocycles. The minimum atomic E-state index is 0.0429. The van der Waals surface area contributed by atoms with E-state index in [1.54, 1.807) is 6.92 Å². The lowest BCUT2D eigenvalue weighted by Gasteiger charge is -2.04. The SMILES string of the molecule is CC(=O)c1ccc(Sc2nnc3ccccn23)cc1Br. The third-order valence-corrected chi connectivity index (χ3v) is 4.42. The van der Waals surface area contributed by atoms with E-state index in [4.69, 9.17) is 0 Å². The molecule has 0 saturated heterocycles. The Kier molecular flexibility index (Phi) is 3.58. The predicted molar refractivity (Wildman–Crippen MR) is 81.3 cm³/mol. The number of aromatic nitrogens is 3. The number of halogens is 1. The predicted octanol–water partition coefficient (Wildman–Crippen LogP) is 3.85. The first kappa shape index (κ1) is 13.3. The quantitative estimate of drug-likeness (QED) is 0.675. The van der Waals surface area contributed by atoms with E-state index in [0.29, 0.717) is 5.56 Å². The molecular formula is C14H10BrN3OS. The zero-order chi connectivity index (χ0) is 14.1. The van der Waals surface area contributed by atoms with E-state index in [2.05, 4.69) is 26.1 Å². The fraction of sp³-hybridized carbons (Fsp3) is 0.0714. The number of carbonyl (C=O) groups is 1. The van der Waals surface area contributed by atoms with Crippen LogP contribution in [0.3, 0.4) is 0 Å². The van der Waals surface area contributed by atoms with Gasteiger partial charge in [-0.2, -0.15) is 0 Å². The molecule has 2 aromatic heterocycles. The number of hydrogen-bond acceptors (Lipinski definition) is 4. The minimum Gasteiger partial charge on any atom is -0.294 e. The second kappa shape index (κ2) is 5.38. The van der Waals surface area contributed by atoms with Gasteiger partial charge >= 0.3 is 0 Å². The van der Waals surface area contributed by atoms with Gasteiger partial charge in [-0.15, -0.1) is 10.2 Å². The van der Waals surface area contributed by atoms with E-state index in [1.165, 1.54) is 11.8 Å². The van der Waals surface area contributed by atoms with Crippen molar-refractivity contribution in [3.05, 3.63) is 52.6 Å². The Morgan fingerprint density at radius 3 is 2.85 bits per heavy atom. The van der Waals surface area contributed by atoms with E-state index >= 15 is 0 Å². The highest BCUT2D eigenvalue weighted by Crippen LogP contribution is 2.30. The highest BCUT2D eigenvalue weighted by Gasteiger charge is 2.10. The molecule has 100 valence electrons. The third-order valence-electron chi connectivity index (χ3n) is 2.81. The van der Waals surface area contributed by atoms with Crippen LogP contribution in [-0.2, 0) is 0 Å². The van der Waals surface area contributed by atoms with Gasteiger partial charge in [-0.05, 0) is 49.0 Å². The van der Waals surface area contributed by atoms with Gasteiger partial charge in [0, 0.05) is 21.1 Å². The minimum absolute atomic E-state index is 0.0429. The standard InChI is InChI=1S/C14H10BrN3OS/c1-9(19)11-6-5-10(8-12(11)15)20-14-17-16-13-4-2-3-7-18(13)14/h2-8H,1H3. The summed E-state index contributed by atoms with van der Waals surface area (Å²) in [5.74, 6) is 0.0429. The Hall–Kier alpha value is -1.66. The molecule has 0 N–H and O–H groups in total. The zero-order valence-corrected chi connectivity index (χ0v) is 13.0. The molecule has 0 bridgehead atoms. The van der Waals surface area contributed by atoms with Gasteiger partial charge in [0.2, 0.25) is 0 Å². The number of hydrogen-bond donors (Lipinski definition) is 0. The first-order valence-corrected chi connectivity index (χ1v) is 7.54. The molecule has 3 aromatic rings. The Morgan fingerprint density at radius 2 is 2.10 bits per heavy atom. The first-order chi connectivity index (χ1) is 9.65. The number of nitrogens with zero attached hydrogens (tertiary/aromatic N) is 3. The van der Waals surface area contributed by atoms with E-state index in [0.717, 1.165) is 20.2 Å². The van der Waals surface area contributed by atoms with Crippen molar-refractivity contribution in [1.82, 2.24) is 14.6 Å². The van der Waals surface area contributed by atoms with Gasteiger partial charge in [-0.25, -0.2) is 0 Å². The summed E-state index contributed by atoms with van der Waals surface area (Å²) in [7, 11) is 0. The summed E-state index contributed by atoms with van der Waals surface area (Å²) < 4.78 is 2.72. The molecule has 20 heavy (non-hydrogen) atoms. The molecule has 4 nitrogen and oxygen atoms in total. The Balaban J connectivity index is 1.95. The molecule has 0 fully saturated rings. The van der Waals surface area contributed by atoms with Crippen molar-refractivity contribution >= 4 is 39.1 Å². The summed E-state index contributed by atoms with van der Waals surface area (Å²) in [5, 5.41) is 9.08. The number of rotatable bonds is 3. The number of Topliss-reactive ketones (excluding diaryl/α,β-unsaturated/α-hetero) is 1. The smallest absolute Gasteiger partial charge is 0.200 e. The molecule has 0 radical (unpaired) electrons. The monoisotopic (exact) mass is 347 g/mol. The summed E-state index contributed by atoms with van der Waals surface area (Å²) in [5.41, 5.74) is 1.50. The lowest BCUT2D eigenvalue weighted by molar-refractivity contribution is 0.101. The second-order valence-corrected chi connectivity index (χ2v) is 6.11. The molecule has 0 atom stereocenters. The molecule has 6 heteroatoms. The molecule has 0 aliphatic rings. The van der Waals surface area contributed by atoms with Crippen LogP contribution in [-0.4, -0.2) is 20.4 Å². The number of ketones is 1. The topological polar surface area (TPSA) is 47.3 Å². The van der Waals surface area contributed by atoms with Crippen LogP contribution in [0.25, 0.3) is 5.65 Å². The lowest BCUT2D eigenvalue weighted by atomic mass is 10.2. The van der Waals surface area contributed by atoms with E-state index < -0.39 is 0 Å². The normalized spacial score (nSPS) is 10.9. The van der Waals surface area contributed by atoms with Gasteiger partial charge in [-0.1, -0.05) is 22.0 Å². The molecule has 0 aliphatic heterocycles. The van der Waals surface area contributed by atoms with Gasteiger partial charge in [0.25, 0.3) is 0 Å². The summed E-state index contributed by atoms with van der Waals surface area (Å²) in [6.45, 7) is 1.55. The summed E-state index contributed by atoms with van der Waals surface area (Å²) in [6.07, 6.45) is 1.93. The van der Waals surface area contributed by atoms with Crippen molar-refractivity contribution in [2.24, 2.45) is 0 Å². The lowest BCUT2D eigenvalue weighted by Crippen LogP contribution is -1.93. The number of carbonyl (C=O) groups excluding carboxylic acids is 1. The molecule has 0 saturated carbocycles. The Labute approximate surface area is 128 Å². The van der Waals surface area contributed by atoms with Crippen LogP contribution in [0.15, 0.2) is 57.1 Å². The third kappa shape index (κ3) is 2.48. The average molecular weight is 348 g/mol. The maximum Gasteiger partial charge on any atom is 0.200 e. The van der Waals surface area contributed by atoms with Crippen molar-refractivity contribution in [3.63, 3.8) is 0 Å². The largest absolute Gasteiger partial charge is 0.294 e. The van der Waals surface area contributed by atoms with Crippen molar-refractivity contribution in [3.8, 4) is 0 Å². The van der Waals surface area contributed by atoms with Crippen molar-refractivity contribution in [2.75, 3.05) is 0 Å². The number of pyridine rings is 1. The van der Waals surface area contributed by atoms with Crippen LogP contribution in [0.5, 0.6) is 0 Å². The van der Waals surface area contributed by atoms with Gasteiger partial charge in [0.1, 0.15) is 0 Å². The van der Waals surface area contributed by atoms with E-state index in [1.807, 2.05) is 47.0 Å². The first-order valence-electron chi connectivity index (χ1n) is 5.93. The van der Waals surface area contributed by atoms with Gasteiger partial charge < -0.3 is 0 Å². The Bertz CT molecular complexity index is 800. The molecule has 0 spiro atoms. The maximum atomic E-state index is 11.4. The maximum absolute atomic E-state index is 11.4. The molecule has 3 rings (SSSR count). The summed E-state index contributed by atoms with van der Waals surface area (Å²) >= 11 is 4.93. The van der Waals surface area contributed by atoms with Crippen LogP contribution in [0.1, 0.15) is 17.3 Å². The number of fused-ring (bicyclic) bond motifs is 1. The molecule has 0 unspecified atom stereocenters. The van der Waals surface area contributed by atoms with Crippen LogP contribution in [0.4, 0.5) is 0 Å². The molecular weight excluding hydrogens is 338 g/mol.